The van der Waals surface area contributed by atoms with Crippen LogP contribution in [0.25, 0.3) is 0 Å². The van der Waals surface area contributed by atoms with E-state index in [4.69, 9.17) is 4.74 Å². The first-order valence-corrected chi connectivity index (χ1v) is 11.4. The molecule has 0 bridgehead atoms. The lowest BCUT2D eigenvalue weighted by atomic mass is 9.94. The van der Waals surface area contributed by atoms with Crippen LogP contribution >= 0.6 is 0 Å². The Labute approximate surface area is 179 Å². The monoisotopic (exact) mass is 410 g/mol. The molecular weight excluding hydrogens is 376 g/mol. The first-order valence-electron chi connectivity index (χ1n) is 11.4. The molecule has 2 aromatic rings. The van der Waals surface area contributed by atoms with Gasteiger partial charge in [-0.3, -0.25) is 14.4 Å². The first kappa shape index (κ1) is 21.1. The van der Waals surface area contributed by atoms with Crippen molar-refractivity contribution >= 4 is 5.91 Å². The van der Waals surface area contributed by atoms with Crippen LogP contribution in [0.4, 0.5) is 0 Å². The van der Waals surface area contributed by atoms with Gasteiger partial charge in [0.15, 0.2) is 6.10 Å². The van der Waals surface area contributed by atoms with E-state index in [1.165, 1.54) is 31.2 Å². The van der Waals surface area contributed by atoms with Crippen LogP contribution in [-0.4, -0.2) is 57.3 Å². The van der Waals surface area contributed by atoms with Crippen LogP contribution < -0.4 is 0 Å². The summed E-state index contributed by atoms with van der Waals surface area (Å²) >= 11 is 0. The molecule has 1 aromatic carbocycles. The summed E-state index contributed by atoms with van der Waals surface area (Å²) in [7, 11) is 0. The number of amides is 1. The van der Waals surface area contributed by atoms with E-state index in [2.05, 4.69) is 41.2 Å². The molecule has 6 nitrogen and oxygen atoms in total. The Morgan fingerprint density at radius 1 is 1.20 bits per heavy atom. The highest BCUT2D eigenvalue weighted by atomic mass is 16.5. The van der Waals surface area contributed by atoms with Crippen LogP contribution in [0.1, 0.15) is 56.7 Å². The quantitative estimate of drug-likeness (QED) is 0.699. The number of carbonyl (C=O) groups excluding carboxylic acids is 1. The van der Waals surface area contributed by atoms with E-state index < -0.39 is 6.10 Å². The van der Waals surface area contributed by atoms with Crippen molar-refractivity contribution in [2.75, 3.05) is 19.7 Å². The summed E-state index contributed by atoms with van der Waals surface area (Å²) in [4.78, 5) is 18.2. The van der Waals surface area contributed by atoms with E-state index in [9.17, 15) is 4.79 Å². The van der Waals surface area contributed by atoms with Gasteiger partial charge >= 0.3 is 0 Å². The summed E-state index contributed by atoms with van der Waals surface area (Å²) in [6.45, 7) is 7.67. The standard InChI is InChI=1S/C24H34N4O2/c1-3-26(17-19-16-25-27(4-2)18-19)24(29)23-22(20-10-6-5-7-11-20)28(14-15-30-23)21-12-8-9-13-21/h5-7,10-11,16,18,21-23H,3-4,8-9,12-15,17H2,1-2H3/t22-,23+/m0/s1. The van der Waals surface area contributed by atoms with Gasteiger partial charge in [-0.05, 0) is 32.3 Å². The van der Waals surface area contributed by atoms with Crippen LogP contribution in [-0.2, 0) is 22.6 Å². The maximum absolute atomic E-state index is 13.7. The second kappa shape index (κ2) is 9.75. The zero-order chi connectivity index (χ0) is 20.9. The minimum atomic E-state index is -0.470. The van der Waals surface area contributed by atoms with Gasteiger partial charge in [-0.25, -0.2) is 0 Å². The summed E-state index contributed by atoms with van der Waals surface area (Å²) in [5, 5.41) is 4.36. The van der Waals surface area contributed by atoms with Gasteiger partial charge in [0, 0.05) is 44.0 Å². The second-order valence-electron chi connectivity index (χ2n) is 8.38. The van der Waals surface area contributed by atoms with Crippen molar-refractivity contribution in [1.82, 2.24) is 19.6 Å². The maximum Gasteiger partial charge on any atom is 0.253 e. The number of aryl methyl sites for hydroxylation is 1. The first-order chi connectivity index (χ1) is 14.7. The van der Waals surface area contributed by atoms with Crippen molar-refractivity contribution in [3.8, 4) is 0 Å². The highest BCUT2D eigenvalue weighted by Crippen LogP contribution is 2.37. The van der Waals surface area contributed by atoms with Crippen molar-refractivity contribution in [1.29, 1.82) is 0 Å². The molecule has 4 rings (SSSR count). The van der Waals surface area contributed by atoms with Gasteiger partial charge in [-0.2, -0.15) is 5.10 Å². The Hall–Kier alpha value is -2.18. The average Bonchev–Trinajstić information content (AvgIpc) is 3.49. The Kier molecular flexibility index (Phi) is 6.85. The Morgan fingerprint density at radius 2 is 1.97 bits per heavy atom. The molecular formula is C24H34N4O2. The lowest BCUT2D eigenvalue weighted by Gasteiger charge is -2.45. The number of hydrogen-bond acceptors (Lipinski definition) is 4. The summed E-state index contributed by atoms with van der Waals surface area (Å²) in [6, 6.07) is 11.0. The van der Waals surface area contributed by atoms with Crippen LogP contribution in [0.5, 0.6) is 0 Å². The van der Waals surface area contributed by atoms with Gasteiger partial charge in [0.1, 0.15) is 0 Å². The molecule has 162 valence electrons. The van der Waals surface area contributed by atoms with Gasteiger partial charge in [0.05, 0.1) is 18.8 Å². The molecule has 1 aromatic heterocycles. The van der Waals surface area contributed by atoms with E-state index in [0.29, 0.717) is 25.7 Å². The number of rotatable bonds is 7. The molecule has 1 saturated carbocycles. The molecule has 1 saturated heterocycles. The Balaban J connectivity index is 1.59. The number of hydrogen-bond donors (Lipinski definition) is 0. The highest BCUT2D eigenvalue weighted by molar-refractivity contribution is 5.82. The van der Waals surface area contributed by atoms with Gasteiger partial charge in [-0.15, -0.1) is 0 Å². The largest absolute Gasteiger partial charge is 0.365 e. The number of likely N-dealkylation sites (N-methyl/N-ethyl adjacent to an activating group) is 1. The molecule has 0 radical (unpaired) electrons. The zero-order valence-electron chi connectivity index (χ0n) is 18.2. The summed E-state index contributed by atoms with van der Waals surface area (Å²) < 4.78 is 8.09. The third-order valence-corrected chi connectivity index (χ3v) is 6.55. The number of benzene rings is 1. The molecule has 1 amide bonds. The Morgan fingerprint density at radius 3 is 2.63 bits per heavy atom. The van der Waals surface area contributed by atoms with Crippen molar-refractivity contribution in [3.05, 3.63) is 53.9 Å². The summed E-state index contributed by atoms with van der Waals surface area (Å²) in [5.41, 5.74) is 2.24. The molecule has 0 unspecified atom stereocenters. The van der Waals surface area contributed by atoms with Crippen LogP contribution in [0, 0.1) is 0 Å². The van der Waals surface area contributed by atoms with Gasteiger partial charge < -0.3 is 9.64 Å². The SMILES string of the molecule is CCN(Cc1cnn(CC)c1)C(=O)[C@@H]1OCCN(C2CCCC2)[C@H]1c1ccccc1. The fraction of sp³-hybridized carbons (Fsp3) is 0.583. The van der Waals surface area contributed by atoms with Crippen LogP contribution in [0.3, 0.4) is 0 Å². The third kappa shape index (κ3) is 4.44. The minimum Gasteiger partial charge on any atom is -0.365 e. The van der Waals surface area contributed by atoms with Crippen molar-refractivity contribution in [3.63, 3.8) is 0 Å². The predicted molar refractivity (Wildman–Crippen MR) is 117 cm³/mol. The molecule has 1 aliphatic carbocycles. The van der Waals surface area contributed by atoms with Crippen molar-refractivity contribution in [2.24, 2.45) is 0 Å². The van der Waals surface area contributed by atoms with Gasteiger partial charge in [0.2, 0.25) is 0 Å². The van der Waals surface area contributed by atoms with E-state index in [1.807, 2.05) is 35.0 Å². The van der Waals surface area contributed by atoms with E-state index in [-0.39, 0.29) is 11.9 Å². The van der Waals surface area contributed by atoms with Crippen molar-refractivity contribution < 1.29 is 9.53 Å². The van der Waals surface area contributed by atoms with Gasteiger partial charge in [-0.1, -0.05) is 43.2 Å². The van der Waals surface area contributed by atoms with Gasteiger partial charge in [0.25, 0.3) is 5.91 Å². The molecule has 30 heavy (non-hydrogen) atoms. The maximum atomic E-state index is 13.7. The minimum absolute atomic E-state index is 0.0250. The fourth-order valence-corrected chi connectivity index (χ4v) is 4.96. The number of ether oxygens (including phenoxy) is 1. The van der Waals surface area contributed by atoms with E-state index in [0.717, 1.165) is 18.7 Å². The number of morpholine rings is 1. The summed E-state index contributed by atoms with van der Waals surface area (Å²) in [6.07, 6.45) is 8.42. The molecule has 2 heterocycles. The zero-order valence-corrected chi connectivity index (χ0v) is 18.2. The molecule has 6 heteroatoms. The van der Waals surface area contributed by atoms with E-state index >= 15 is 0 Å². The fourth-order valence-electron chi connectivity index (χ4n) is 4.96. The number of aromatic nitrogens is 2. The number of nitrogens with zero attached hydrogens (tertiary/aromatic N) is 4. The Bertz CT molecular complexity index is 816. The van der Waals surface area contributed by atoms with Crippen molar-refractivity contribution in [2.45, 2.75) is 70.8 Å². The average molecular weight is 411 g/mol. The van der Waals surface area contributed by atoms with Crippen LogP contribution in [0.15, 0.2) is 42.7 Å². The summed E-state index contributed by atoms with van der Waals surface area (Å²) in [5.74, 6) is 0.0818. The molecule has 0 N–H and O–H groups in total. The molecule has 2 fully saturated rings. The van der Waals surface area contributed by atoms with E-state index in [1.54, 1.807) is 0 Å². The second-order valence-corrected chi connectivity index (χ2v) is 8.38. The number of carbonyl (C=O) groups is 1. The smallest absolute Gasteiger partial charge is 0.253 e. The lowest BCUT2D eigenvalue weighted by molar-refractivity contribution is -0.159. The third-order valence-electron chi connectivity index (χ3n) is 6.55. The lowest BCUT2D eigenvalue weighted by Crippen LogP contribution is -2.55. The molecule has 1 aliphatic heterocycles. The normalized spacial score (nSPS) is 23.0. The molecule has 2 atom stereocenters. The molecule has 2 aliphatic rings. The highest BCUT2D eigenvalue weighted by Gasteiger charge is 2.42. The van der Waals surface area contributed by atoms with Crippen LogP contribution in [0.2, 0.25) is 0 Å². The predicted octanol–water partition coefficient (Wildman–Crippen LogP) is 3.64. The topological polar surface area (TPSA) is 50.6 Å². The molecule has 0 spiro atoms.